The van der Waals surface area contributed by atoms with Crippen LogP contribution in [0.1, 0.15) is 18.4 Å². The predicted octanol–water partition coefficient (Wildman–Crippen LogP) is 2.08. The second kappa shape index (κ2) is 9.77. The van der Waals surface area contributed by atoms with Crippen molar-refractivity contribution in [3.63, 3.8) is 0 Å². The number of unbranched alkanes of at least 4 members (excludes halogenated alkanes) is 1. The monoisotopic (exact) mass is 312 g/mol. The normalized spacial score (nSPS) is 14.1. The van der Waals surface area contributed by atoms with Crippen LogP contribution in [0.4, 0.5) is 0 Å². The number of carbonyl (C=O) groups excluding carboxylic acids is 1. The molecule has 0 aliphatic carbocycles. The number of methoxy groups -OCH3 is 1. The van der Waals surface area contributed by atoms with E-state index in [1.165, 1.54) is 5.56 Å². The van der Waals surface area contributed by atoms with Crippen LogP contribution in [0.3, 0.4) is 0 Å². The van der Waals surface area contributed by atoms with E-state index < -0.39 is 0 Å². The maximum atomic E-state index is 12.4. The summed E-state index contributed by atoms with van der Waals surface area (Å²) in [6.07, 6.45) is 1.99. The van der Waals surface area contributed by atoms with Gasteiger partial charge in [0.15, 0.2) is 0 Å². The van der Waals surface area contributed by atoms with Crippen LogP contribution in [0.25, 0.3) is 0 Å². The van der Waals surface area contributed by atoms with E-state index in [1.54, 1.807) is 7.11 Å². The summed E-state index contributed by atoms with van der Waals surface area (Å²) < 4.78 is 5.07. The van der Waals surface area contributed by atoms with Gasteiger partial charge in [-0.1, -0.05) is 30.3 Å². The first-order valence-corrected chi connectivity index (χ1v) is 7.33. The van der Waals surface area contributed by atoms with Gasteiger partial charge >= 0.3 is 0 Å². The third-order valence-electron chi connectivity index (χ3n) is 3.69. The Morgan fingerprint density at radius 2 is 2.00 bits per heavy atom. The van der Waals surface area contributed by atoms with Gasteiger partial charge in [-0.15, -0.1) is 12.4 Å². The lowest BCUT2D eigenvalue weighted by Crippen LogP contribution is -2.52. The third-order valence-corrected chi connectivity index (χ3v) is 3.69. The molecule has 0 unspecified atom stereocenters. The van der Waals surface area contributed by atoms with Crippen LogP contribution in [-0.4, -0.2) is 44.2 Å². The molecular weight excluding hydrogens is 288 g/mol. The van der Waals surface area contributed by atoms with E-state index in [2.05, 4.69) is 17.4 Å². The molecule has 1 fully saturated rings. The molecule has 1 N–H and O–H groups in total. The SMILES string of the molecule is COCCCCN(Cc1ccccc1)C(=O)C1CNC1.Cl. The molecule has 1 aliphatic rings. The number of halogens is 1. The first-order valence-electron chi connectivity index (χ1n) is 7.33. The molecule has 0 saturated carbocycles. The minimum absolute atomic E-state index is 0. The number of amides is 1. The zero-order valence-corrected chi connectivity index (χ0v) is 13.4. The van der Waals surface area contributed by atoms with Crippen molar-refractivity contribution < 1.29 is 9.53 Å². The number of hydrogen-bond donors (Lipinski definition) is 1. The maximum Gasteiger partial charge on any atom is 0.228 e. The van der Waals surface area contributed by atoms with Crippen LogP contribution in [-0.2, 0) is 16.1 Å². The first kappa shape index (κ1) is 18.0. The zero-order chi connectivity index (χ0) is 14.2. The Kier molecular flexibility index (Phi) is 8.35. The number of nitrogens with one attached hydrogen (secondary N) is 1. The predicted molar refractivity (Wildman–Crippen MR) is 86.6 cm³/mol. The largest absolute Gasteiger partial charge is 0.385 e. The molecule has 1 saturated heterocycles. The van der Waals surface area contributed by atoms with E-state index in [9.17, 15) is 4.79 Å². The van der Waals surface area contributed by atoms with Crippen LogP contribution < -0.4 is 5.32 Å². The van der Waals surface area contributed by atoms with Crippen LogP contribution in [0.15, 0.2) is 30.3 Å². The summed E-state index contributed by atoms with van der Waals surface area (Å²) in [6, 6.07) is 10.2. The van der Waals surface area contributed by atoms with Crippen molar-refractivity contribution in [1.82, 2.24) is 10.2 Å². The van der Waals surface area contributed by atoms with Gasteiger partial charge in [0.2, 0.25) is 5.91 Å². The molecule has 0 aromatic heterocycles. The van der Waals surface area contributed by atoms with Crippen molar-refractivity contribution >= 4 is 18.3 Å². The van der Waals surface area contributed by atoms with Gasteiger partial charge in [-0.2, -0.15) is 0 Å². The number of benzene rings is 1. The molecule has 21 heavy (non-hydrogen) atoms. The average Bonchev–Trinajstić information content (AvgIpc) is 2.41. The fourth-order valence-corrected chi connectivity index (χ4v) is 2.34. The smallest absolute Gasteiger partial charge is 0.228 e. The summed E-state index contributed by atoms with van der Waals surface area (Å²) in [7, 11) is 1.72. The van der Waals surface area contributed by atoms with Crippen molar-refractivity contribution in [3.05, 3.63) is 35.9 Å². The highest BCUT2D eigenvalue weighted by atomic mass is 35.5. The fourth-order valence-electron chi connectivity index (χ4n) is 2.34. The number of carbonyl (C=O) groups is 1. The Morgan fingerprint density at radius 3 is 2.57 bits per heavy atom. The summed E-state index contributed by atoms with van der Waals surface area (Å²) in [5.41, 5.74) is 1.19. The molecule has 2 rings (SSSR count). The second-order valence-corrected chi connectivity index (χ2v) is 5.30. The van der Waals surface area contributed by atoms with Crippen molar-refractivity contribution in [2.45, 2.75) is 19.4 Å². The van der Waals surface area contributed by atoms with Gasteiger partial charge in [0.25, 0.3) is 0 Å². The Bertz CT molecular complexity index is 410. The number of rotatable bonds is 8. The van der Waals surface area contributed by atoms with Gasteiger partial charge in [-0.05, 0) is 18.4 Å². The highest BCUT2D eigenvalue weighted by molar-refractivity contribution is 5.85. The van der Waals surface area contributed by atoms with Crippen LogP contribution in [0, 0.1) is 5.92 Å². The van der Waals surface area contributed by atoms with Crippen LogP contribution in [0.5, 0.6) is 0 Å². The molecule has 4 nitrogen and oxygen atoms in total. The van der Waals surface area contributed by atoms with Crippen molar-refractivity contribution in [2.24, 2.45) is 5.92 Å². The minimum Gasteiger partial charge on any atom is -0.385 e. The molecule has 1 amide bonds. The molecule has 1 aliphatic heterocycles. The first-order chi connectivity index (χ1) is 9.81. The summed E-state index contributed by atoms with van der Waals surface area (Å²) in [6.45, 7) is 3.93. The van der Waals surface area contributed by atoms with Gasteiger partial charge in [-0.25, -0.2) is 0 Å². The molecule has 5 heteroatoms. The highest BCUT2D eigenvalue weighted by Gasteiger charge is 2.28. The molecule has 0 radical (unpaired) electrons. The number of ether oxygens (including phenoxy) is 1. The molecule has 1 heterocycles. The minimum atomic E-state index is 0. The molecule has 118 valence electrons. The standard InChI is InChI=1S/C16H24N2O2.ClH/c1-20-10-6-5-9-18(16(19)15-11-17-12-15)13-14-7-3-2-4-8-14;/h2-4,7-8,15,17H,5-6,9-13H2,1H3;1H. The van der Waals surface area contributed by atoms with Crippen molar-refractivity contribution in [3.8, 4) is 0 Å². The Morgan fingerprint density at radius 1 is 1.29 bits per heavy atom. The van der Waals surface area contributed by atoms with Gasteiger partial charge < -0.3 is 15.0 Å². The van der Waals surface area contributed by atoms with Gasteiger partial charge in [0.05, 0.1) is 5.92 Å². The summed E-state index contributed by atoms with van der Waals surface area (Å²) in [5, 5.41) is 3.17. The van der Waals surface area contributed by atoms with E-state index in [1.807, 2.05) is 23.1 Å². The van der Waals surface area contributed by atoms with E-state index in [-0.39, 0.29) is 24.2 Å². The quantitative estimate of drug-likeness (QED) is 0.747. The Hall–Kier alpha value is -1.10. The van der Waals surface area contributed by atoms with Crippen molar-refractivity contribution in [1.29, 1.82) is 0 Å². The molecule has 0 spiro atoms. The number of hydrogen-bond acceptors (Lipinski definition) is 3. The van der Waals surface area contributed by atoms with E-state index in [0.717, 1.165) is 39.1 Å². The molecule has 0 atom stereocenters. The lowest BCUT2D eigenvalue weighted by Gasteiger charge is -2.32. The second-order valence-electron chi connectivity index (χ2n) is 5.30. The Labute approximate surface area is 133 Å². The fraction of sp³-hybridized carbons (Fsp3) is 0.562. The third kappa shape index (κ3) is 5.65. The van der Waals surface area contributed by atoms with Gasteiger partial charge in [0, 0.05) is 39.9 Å². The molecule has 0 bridgehead atoms. The van der Waals surface area contributed by atoms with Gasteiger partial charge in [-0.3, -0.25) is 4.79 Å². The lowest BCUT2D eigenvalue weighted by molar-refractivity contribution is -0.137. The molecule has 1 aromatic carbocycles. The number of nitrogens with zero attached hydrogens (tertiary/aromatic N) is 1. The van der Waals surface area contributed by atoms with Crippen molar-refractivity contribution in [2.75, 3.05) is 33.4 Å². The topological polar surface area (TPSA) is 41.6 Å². The van der Waals surface area contributed by atoms with E-state index in [0.29, 0.717) is 6.54 Å². The maximum absolute atomic E-state index is 12.4. The molecular formula is C16H25ClN2O2. The average molecular weight is 313 g/mol. The van der Waals surface area contributed by atoms with Crippen LogP contribution >= 0.6 is 12.4 Å². The lowest BCUT2D eigenvalue weighted by atomic mass is 10.0. The highest BCUT2D eigenvalue weighted by Crippen LogP contribution is 2.13. The summed E-state index contributed by atoms with van der Waals surface area (Å²) >= 11 is 0. The van der Waals surface area contributed by atoms with Gasteiger partial charge in [0.1, 0.15) is 0 Å². The zero-order valence-electron chi connectivity index (χ0n) is 12.6. The summed E-state index contributed by atoms with van der Waals surface area (Å²) in [4.78, 5) is 14.4. The molecule has 1 aromatic rings. The summed E-state index contributed by atoms with van der Waals surface area (Å²) in [5.74, 6) is 0.450. The Balaban J connectivity index is 0.00000220. The van der Waals surface area contributed by atoms with Crippen LogP contribution in [0.2, 0.25) is 0 Å². The van der Waals surface area contributed by atoms with E-state index >= 15 is 0 Å². The van der Waals surface area contributed by atoms with E-state index in [4.69, 9.17) is 4.74 Å².